The minimum atomic E-state index is -0.271. The van der Waals surface area contributed by atoms with Crippen molar-refractivity contribution >= 4 is 16.9 Å². The number of hydrogen-bond acceptors (Lipinski definition) is 2. The van der Waals surface area contributed by atoms with Crippen LogP contribution >= 0.6 is 0 Å². The molecule has 1 aromatic heterocycles. The molecule has 2 N–H and O–H groups in total. The molecule has 0 saturated heterocycles. The van der Waals surface area contributed by atoms with Gasteiger partial charge in [-0.15, -0.1) is 0 Å². The maximum Gasteiger partial charge on any atom is 0.223 e. The number of carbonyl (C=O) groups is 1. The molecule has 28 heavy (non-hydrogen) atoms. The van der Waals surface area contributed by atoms with Crippen molar-refractivity contribution < 1.29 is 9.18 Å². The Balaban J connectivity index is 1.27. The number of aryl methyl sites for hydroxylation is 1. The van der Waals surface area contributed by atoms with Crippen LogP contribution in [0.25, 0.3) is 11.0 Å². The van der Waals surface area contributed by atoms with Gasteiger partial charge in [-0.1, -0.05) is 24.3 Å². The molecule has 146 valence electrons. The molecule has 1 aliphatic rings. The Kier molecular flexibility index (Phi) is 5.42. The van der Waals surface area contributed by atoms with E-state index in [1.165, 1.54) is 11.6 Å². The first-order valence-corrected chi connectivity index (χ1v) is 10.0. The van der Waals surface area contributed by atoms with E-state index in [1.54, 1.807) is 18.2 Å². The van der Waals surface area contributed by atoms with Gasteiger partial charge in [-0.3, -0.25) is 4.79 Å². The van der Waals surface area contributed by atoms with Crippen LogP contribution in [0.4, 0.5) is 4.39 Å². The molecule has 1 saturated carbocycles. The molecular formula is C23H26FN3O. The fourth-order valence-electron chi connectivity index (χ4n) is 4.14. The first-order chi connectivity index (χ1) is 13.6. The number of benzene rings is 2. The lowest BCUT2D eigenvalue weighted by atomic mass is 9.80. The Morgan fingerprint density at radius 1 is 1.18 bits per heavy atom. The zero-order chi connectivity index (χ0) is 19.5. The minimum Gasteiger partial charge on any atom is -0.352 e. The van der Waals surface area contributed by atoms with Crippen molar-refractivity contribution in [1.82, 2.24) is 15.3 Å². The van der Waals surface area contributed by atoms with Crippen molar-refractivity contribution in [2.45, 2.75) is 45.6 Å². The van der Waals surface area contributed by atoms with Crippen molar-refractivity contribution in [3.63, 3.8) is 0 Å². The van der Waals surface area contributed by atoms with Crippen molar-refractivity contribution in [1.29, 1.82) is 0 Å². The summed E-state index contributed by atoms with van der Waals surface area (Å²) in [6.45, 7) is 2.34. The second-order valence-corrected chi connectivity index (χ2v) is 7.94. The lowest BCUT2D eigenvalue weighted by Crippen LogP contribution is -2.33. The summed E-state index contributed by atoms with van der Waals surface area (Å²) in [6.07, 6.45) is 4.74. The van der Waals surface area contributed by atoms with Crippen LogP contribution in [0.15, 0.2) is 42.5 Å². The molecule has 1 aliphatic carbocycles. The highest BCUT2D eigenvalue weighted by atomic mass is 19.1. The molecule has 4 nitrogen and oxygen atoms in total. The van der Waals surface area contributed by atoms with Gasteiger partial charge in [0.1, 0.15) is 11.6 Å². The first kappa shape index (κ1) is 18.7. The van der Waals surface area contributed by atoms with Crippen LogP contribution in [-0.4, -0.2) is 15.9 Å². The quantitative estimate of drug-likeness (QED) is 0.676. The molecule has 1 fully saturated rings. The van der Waals surface area contributed by atoms with E-state index in [2.05, 4.69) is 35.4 Å². The first-order valence-electron chi connectivity index (χ1n) is 10.0. The predicted octanol–water partition coefficient (Wildman–Crippen LogP) is 4.68. The second kappa shape index (κ2) is 8.13. The van der Waals surface area contributed by atoms with Crippen LogP contribution in [0.3, 0.4) is 0 Å². The Morgan fingerprint density at radius 3 is 2.75 bits per heavy atom. The van der Waals surface area contributed by atoms with Gasteiger partial charge in [0.2, 0.25) is 5.91 Å². The highest BCUT2D eigenvalue weighted by Crippen LogP contribution is 2.31. The highest BCUT2D eigenvalue weighted by molar-refractivity contribution is 5.78. The number of nitrogens with zero attached hydrogens (tertiary/aromatic N) is 1. The number of carbonyl (C=O) groups excluding carboxylic acids is 1. The van der Waals surface area contributed by atoms with Crippen LogP contribution in [0.5, 0.6) is 0 Å². The number of imidazole rings is 1. The maximum absolute atomic E-state index is 13.7. The summed E-state index contributed by atoms with van der Waals surface area (Å²) in [6, 6.07) is 12.8. The van der Waals surface area contributed by atoms with Crippen molar-refractivity contribution in [2.24, 2.45) is 11.8 Å². The standard InChI is InChI=1S/C23H26FN3O/c1-15-6-11-20-21(12-15)27-22(26-20)13-16-7-9-17(10-8-16)23(28)25-14-18-4-2-3-5-19(18)24/h2-6,11-12,16-17H,7-10,13-14H2,1H3,(H,25,28)(H,26,27). The zero-order valence-corrected chi connectivity index (χ0v) is 16.2. The van der Waals surface area contributed by atoms with E-state index < -0.39 is 0 Å². The Bertz CT molecular complexity index is 973. The molecule has 0 radical (unpaired) electrons. The Morgan fingerprint density at radius 2 is 1.96 bits per heavy atom. The van der Waals surface area contributed by atoms with Gasteiger partial charge in [0.25, 0.3) is 0 Å². The minimum absolute atomic E-state index is 0.0290. The van der Waals surface area contributed by atoms with Gasteiger partial charge in [-0.25, -0.2) is 9.37 Å². The zero-order valence-electron chi connectivity index (χ0n) is 16.2. The normalized spacial score (nSPS) is 19.6. The van der Waals surface area contributed by atoms with Gasteiger partial charge in [0.05, 0.1) is 11.0 Å². The third-order valence-corrected chi connectivity index (χ3v) is 5.80. The summed E-state index contributed by atoms with van der Waals surface area (Å²) >= 11 is 0. The van der Waals surface area contributed by atoms with Gasteiger partial charge >= 0.3 is 0 Å². The summed E-state index contributed by atoms with van der Waals surface area (Å²) in [7, 11) is 0. The largest absolute Gasteiger partial charge is 0.352 e. The summed E-state index contributed by atoms with van der Waals surface area (Å²) in [5.74, 6) is 1.39. The van der Waals surface area contributed by atoms with Crippen LogP contribution < -0.4 is 5.32 Å². The van der Waals surface area contributed by atoms with E-state index in [9.17, 15) is 9.18 Å². The highest BCUT2D eigenvalue weighted by Gasteiger charge is 2.27. The fraction of sp³-hybridized carbons (Fsp3) is 0.391. The molecule has 4 rings (SSSR count). The number of fused-ring (bicyclic) bond motifs is 1. The van der Waals surface area contributed by atoms with Gasteiger partial charge in [0.15, 0.2) is 0 Å². The maximum atomic E-state index is 13.7. The molecule has 5 heteroatoms. The van der Waals surface area contributed by atoms with Gasteiger partial charge in [0, 0.05) is 24.4 Å². The van der Waals surface area contributed by atoms with E-state index in [-0.39, 0.29) is 24.2 Å². The summed E-state index contributed by atoms with van der Waals surface area (Å²) in [4.78, 5) is 20.6. The van der Waals surface area contributed by atoms with Crippen LogP contribution in [0.2, 0.25) is 0 Å². The van der Waals surface area contributed by atoms with Gasteiger partial charge < -0.3 is 10.3 Å². The third-order valence-electron chi connectivity index (χ3n) is 5.80. The molecule has 1 amide bonds. The molecule has 0 aliphatic heterocycles. The lowest BCUT2D eigenvalue weighted by molar-refractivity contribution is -0.126. The van der Waals surface area contributed by atoms with Crippen LogP contribution in [0.1, 0.15) is 42.6 Å². The molecule has 0 spiro atoms. The van der Waals surface area contributed by atoms with Crippen molar-refractivity contribution in [3.8, 4) is 0 Å². The summed E-state index contributed by atoms with van der Waals surface area (Å²) < 4.78 is 13.7. The van der Waals surface area contributed by atoms with E-state index in [4.69, 9.17) is 4.98 Å². The summed E-state index contributed by atoms with van der Waals surface area (Å²) in [5, 5.41) is 2.90. The molecule has 0 atom stereocenters. The molecule has 2 aromatic carbocycles. The number of H-pyrrole nitrogens is 1. The number of hydrogen-bond donors (Lipinski definition) is 2. The second-order valence-electron chi connectivity index (χ2n) is 7.94. The number of aromatic amines is 1. The van der Waals surface area contributed by atoms with Gasteiger partial charge in [-0.2, -0.15) is 0 Å². The van der Waals surface area contributed by atoms with E-state index in [0.29, 0.717) is 11.5 Å². The number of aromatic nitrogens is 2. The lowest BCUT2D eigenvalue weighted by Gasteiger charge is -2.27. The molecule has 0 unspecified atom stereocenters. The fourth-order valence-corrected chi connectivity index (χ4v) is 4.14. The van der Waals surface area contributed by atoms with Crippen molar-refractivity contribution in [2.75, 3.05) is 0 Å². The predicted molar refractivity (Wildman–Crippen MR) is 108 cm³/mol. The molecular weight excluding hydrogens is 353 g/mol. The van der Waals surface area contributed by atoms with Crippen LogP contribution in [-0.2, 0) is 17.8 Å². The van der Waals surface area contributed by atoms with E-state index in [0.717, 1.165) is 49.0 Å². The Labute approximate surface area is 164 Å². The monoisotopic (exact) mass is 379 g/mol. The smallest absolute Gasteiger partial charge is 0.223 e. The summed E-state index contributed by atoms with van der Waals surface area (Å²) in [5.41, 5.74) is 3.87. The van der Waals surface area contributed by atoms with E-state index >= 15 is 0 Å². The Hall–Kier alpha value is -2.69. The van der Waals surface area contributed by atoms with Crippen LogP contribution in [0, 0.1) is 24.6 Å². The molecule has 1 heterocycles. The number of halogens is 1. The van der Waals surface area contributed by atoms with Crippen molar-refractivity contribution in [3.05, 3.63) is 65.2 Å². The number of nitrogens with one attached hydrogen (secondary N) is 2. The number of rotatable bonds is 5. The van der Waals surface area contributed by atoms with E-state index in [1.807, 2.05) is 0 Å². The van der Waals surface area contributed by atoms with Gasteiger partial charge in [-0.05, 0) is 62.3 Å². The molecule has 3 aromatic rings. The average molecular weight is 379 g/mol. The SMILES string of the molecule is Cc1ccc2nc(CC3CCC(C(=O)NCc4ccccc4F)CC3)[nH]c2c1. The third kappa shape index (κ3) is 4.24. The number of amides is 1. The average Bonchev–Trinajstić information content (AvgIpc) is 3.09. The topological polar surface area (TPSA) is 57.8 Å². The molecule has 0 bridgehead atoms.